The summed E-state index contributed by atoms with van der Waals surface area (Å²) in [7, 11) is 0. The topological polar surface area (TPSA) is 69.6 Å². The third-order valence-corrected chi connectivity index (χ3v) is 3.97. The molecule has 1 aromatic heterocycles. The van der Waals surface area contributed by atoms with Crippen molar-refractivity contribution in [2.45, 2.75) is 38.8 Å². The first kappa shape index (κ1) is 14.2. The SMILES string of the molecule is CCC(O)(CC)CNCc1ccsc1C(=O)O. The van der Waals surface area contributed by atoms with Crippen LogP contribution in [0, 0.1) is 0 Å². The molecule has 0 unspecified atom stereocenters. The zero-order chi connectivity index (χ0) is 12.9. The van der Waals surface area contributed by atoms with Crippen molar-refractivity contribution in [1.82, 2.24) is 5.32 Å². The molecule has 0 spiro atoms. The van der Waals surface area contributed by atoms with Crippen LogP contribution < -0.4 is 5.32 Å². The highest BCUT2D eigenvalue weighted by Crippen LogP contribution is 2.17. The molecule has 0 aliphatic carbocycles. The Labute approximate surface area is 105 Å². The van der Waals surface area contributed by atoms with Gasteiger partial charge in [-0.3, -0.25) is 0 Å². The lowest BCUT2D eigenvalue weighted by atomic mass is 9.97. The monoisotopic (exact) mass is 257 g/mol. The van der Waals surface area contributed by atoms with Crippen molar-refractivity contribution >= 4 is 17.3 Å². The Hall–Kier alpha value is -0.910. The average molecular weight is 257 g/mol. The van der Waals surface area contributed by atoms with Crippen molar-refractivity contribution in [3.63, 3.8) is 0 Å². The Morgan fingerprint density at radius 3 is 2.65 bits per heavy atom. The maximum absolute atomic E-state index is 10.9. The first-order valence-electron chi connectivity index (χ1n) is 5.75. The van der Waals surface area contributed by atoms with E-state index < -0.39 is 11.6 Å². The van der Waals surface area contributed by atoms with Crippen molar-refractivity contribution < 1.29 is 15.0 Å². The summed E-state index contributed by atoms with van der Waals surface area (Å²) in [6.07, 6.45) is 1.37. The molecule has 1 aromatic rings. The van der Waals surface area contributed by atoms with Crippen molar-refractivity contribution in [3.8, 4) is 0 Å². The van der Waals surface area contributed by atoms with Crippen LogP contribution >= 0.6 is 11.3 Å². The summed E-state index contributed by atoms with van der Waals surface area (Å²) in [5, 5.41) is 23.9. The fraction of sp³-hybridized carbons (Fsp3) is 0.583. The van der Waals surface area contributed by atoms with Gasteiger partial charge in [0.25, 0.3) is 0 Å². The van der Waals surface area contributed by atoms with E-state index in [0.29, 0.717) is 30.8 Å². The quantitative estimate of drug-likeness (QED) is 0.699. The molecule has 17 heavy (non-hydrogen) atoms. The van der Waals surface area contributed by atoms with Crippen molar-refractivity contribution in [3.05, 3.63) is 21.9 Å². The highest BCUT2D eigenvalue weighted by atomic mass is 32.1. The van der Waals surface area contributed by atoms with Gasteiger partial charge in [0.2, 0.25) is 0 Å². The molecule has 1 heterocycles. The molecule has 3 N–H and O–H groups in total. The van der Waals surface area contributed by atoms with Gasteiger partial charge in [0, 0.05) is 13.1 Å². The van der Waals surface area contributed by atoms with Crippen LogP contribution in [0.3, 0.4) is 0 Å². The molecule has 1 rings (SSSR count). The number of aliphatic hydroxyl groups is 1. The molecular formula is C12H19NO3S. The van der Waals surface area contributed by atoms with E-state index in [1.807, 2.05) is 13.8 Å². The molecular weight excluding hydrogens is 238 g/mol. The Bertz CT molecular complexity index is 372. The number of carboxylic acids is 1. The van der Waals surface area contributed by atoms with E-state index in [9.17, 15) is 9.90 Å². The Kier molecular flexibility index (Phi) is 5.11. The number of carboxylic acid groups (broad SMARTS) is 1. The molecule has 0 fully saturated rings. The van der Waals surface area contributed by atoms with E-state index in [1.54, 1.807) is 11.4 Å². The molecule has 0 aromatic carbocycles. The molecule has 96 valence electrons. The normalized spacial score (nSPS) is 11.7. The van der Waals surface area contributed by atoms with Gasteiger partial charge in [-0.15, -0.1) is 11.3 Å². The Morgan fingerprint density at radius 2 is 2.12 bits per heavy atom. The highest BCUT2D eigenvalue weighted by molar-refractivity contribution is 7.12. The van der Waals surface area contributed by atoms with Crippen LogP contribution in [0.25, 0.3) is 0 Å². The molecule has 0 aliphatic rings. The van der Waals surface area contributed by atoms with Crippen LogP contribution in [0.5, 0.6) is 0 Å². The van der Waals surface area contributed by atoms with Gasteiger partial charge in [-0.1, -0.05) is 13.8 Å². The third-order valence-electron chi connectivity index (χ3n) is 3.03. The van der Waals surface area contributed by atoms with Crippen LogP contribution in [0.1, 0.15) is 41.9 Å². The van der Waals surface area contributed by atoms with E-state index in [2.05, 4.69) is 5.32 Å². The first-order valence-corrected chi connectivity index (χ1v) is 6.63. The van der Waals surface area contributed by atoms with E-state index in [-0.39, 0.29) is 0 Å². The Morgan fingerprint density at radius 1 is 1.47 bits per heavy atom. The smallest absolute Gasteiger partial charge is 0.346 e. The predicted octanol–water partition coefficient (Wildman–Crippen LogP) is 2.09. The van der Waals surface area contributed by atoms with Crippen molar-refractivity contribution in [2.24, 2.45) is 0 Å². The van der Waals surface area contributed by atoms with Crippen LogP contribution in [-0.4, -0.2) is 28.3 Å². The van der Waals surface area contributed by atoms with Gasteiger partial charge in [-0.05, 0) is 29.9 Å². The number of hydrogen-bond acceptors (Lipinski definition) is 4. The third kappa shape index (κ3) is 3.80. The van der Waals surface area contributed by atoms with E-state index >= 15 is 0 Å². The number of rotatable bonds is 7. The molecule has 0 bridgehead atoms. The maximum atomic E-state index is 10.9. The second-order valence-electron chi connectivity index (χ2n) is 4.12. The zero-order valence-electron chi connectivity index (χ0n) is 10.2. The summed E-state index contributed by atoms with van der Waals surface area (Å²) in [4.78, 5) is 11.3. The van der Waals surface area contributed by atoms with Gasteiger partial charge in [-0.2, -0.15) is 0 Å². The van der Waals surface area contributed by atoms with Crippen LogP contribution in [0.15, 0.2) is 11.4 Å². The van der Waals surface area contributed by atoms with Gasteiger partial charge in [0.15, 0.2) is 0 Å². The number of thiophene rings is 1. The summed E-state index contributed by atoms with van der Waals surface area (Å²) in [6, 6.07) is 1.80. The summed E-state index contributed by atoms with van der Waals surface area (Å²) < 4.78 is 0. The number of carbonyl (C=O) groups is 1. The van der Waals surface area contributed by atoms with Gasteiger partial charge in [-0.25, -0.2) is 4.79 Å². The number of nitrogens with one attached hydrogen (secondary N) is 1. The number of aromatic carboxylic acids is 1. The summed E-state index contributed by atoms with van der Waals surface area (Å²) in [5.41, 5.74) is 0.0800. The molecule has 0 radical (unpaired) electrons. The summed E-state index contributed by atoms with van der Waals surface area (Å²) >= 11 is 1.23. The fourth-order valence-corrected chi connectivity index (χ4v) is 2.35. The molecule has 5 heteroatoms. The molecule has 0 atom stereocenters. The number of hydrogen-bond donors (Lipinski definition) is 3. The van der Waals surface area contributed by atoms with Crippen molar-refractivity contribution in [2.75, 3.05) is 6.54 Å². The summed E-state index contributed by atoms with van der Waals surface area (Å²) in [6.45, 7) is 4.85. The average Bonchev–Trinajstić information content (AvgIpc) is 2.77. The fourth-order valence-electron chi connectivity index (χ4n) is 1.59. The maximum Gasteiger partial charge on any atom is 0.346 e. The minimum Gasteiger partial charge on any atom is -0.477 e. The van der Waals surface area contributed by atoms with Crippen LogP contribution in [0.4, 0.5) is 0 Å². The van der Waals surface area contributed by atoms with Crippen molar-refractivity contribution in [1.29, 1.82) is 0 Å². The lowest BCUT2D eigenvalue weighted by molar-refractivity contribution is 0.0323. The van der Waals surface area contributed by atoms with E-state index in [1.165, 1.54) is 11.3 Å². The molecule has 0 amide bonds. The second-order valence-corrected chi connectivity index (χ2v) is 5.03. The van der Waals surface area contributed by atoms with Gasteiger partial charge in [0.1, 0.15) is 4.88 Å². The van der Waals surface area contributed by atoms with Gasteiger partial charge >= 0.3 is 5.97 Å². The summed E-state index contributed by atoms with van der Waals surface area (Å²) in [5.74, 6) is -0.891. The second kappa shape index (κ2) is 6.14. The highest BCUT2D eigenvalue weighted by Gasteiger charge is 2.21. The van der Waals surface area contributed by atoms with Gasteiger partial charge < -0.3 is 15.5 Å². The lowest BCUT2D eigenvalue weighted by Crippen LogP contribution is -2.39. The largest absolute Gasteiger partial charge is 0.477 e. The van der Waals surface area contributed by atoms with Crippen LogP contribution in [-0.2, 0) is 6.54 Å². The minimum atomic E-state index is -0.891. The van der Waals surface area contributed by atoms with Crippen LogP contribution in [0.2, 0.25) is 0 Å². The molecule has 4 nitrogen and oxygen atoms in total. The zero-order valence-corrected chi connectivity index (χ0v) is 11.0. The van der Waals surface area contributed by atoms with E-state index in [4.69, 9.17) is 5.11 Å². The first-order chi connectivity index (χ1) is 8.02. The standard InChI is InChI=1S/C12H19NO3S/c1-3-12(16,4-2)8-13-7-9-5-6-17-10(9)11(14)15/h5-6,13,16H,3-4,7-8H2,1-2H3,(H,14,15). The minimum absolute atomic E-state index is 0.369. The predicted molar refractivity (Wildman–Crippen MR) is 68.5 cm³/mol. The molecule has 0 saturated carbocycles. The van der Waals surface area contributed by atoms with E-state index in [0.717, 1.165) is 5.56 Å². The lowest BCUT2D eigenvalue weighted by Gasteiger charge is -2.25. The molecule has 0 saturated heterocycles. The molecule has 0 aliphatic heterocycles. The van der Waals surface area contributed by atoms with Gasteiger partial charge in [0.05, 0.1) is 5.60 Å². The Balaban J connectivity index is 2.51.